The Morgan fingerprint density at radius 2 is 2.05 bits per heavy atom. The Kier molecular flexibility index (Phi) is 3.33. The zero-order valence-electron chi connectivity index (χ0n) is 11.6. The number of carbonyl (C=O) groups excluding carboxylic acids is 1. The number of carbonyl (C=O) groups is 1. The highest BCUT2D eigenvalue weighted by atomic mass is 16.5. The lowest BCUT2D eigenvalue weighted by Gasteiger charge is -2.22. The van der Waals surface area contributed by atoms with Gasteiger partial charge >= 0.3 is 0 Å². The van der Waals surface area contributed by atoms with E-state index in [2.05, 4.69) is 6.07 Å². The van der Waals surface area contributed by atoms with Crippen molar-refractivity contribution >= 4 is 11.6 Å². The average molecular weight is 278 g/mol. The van der Waals surface area contributed by atoms with Crippen molar-refractivity contribution in [2.45, 2.75) is 19.6 Å². The van der Waals surface area contributed by atoms with Crippen LogP contribution in [0.5, 0.6) is 5.75 Å². The molecule has 0 unspecified atom stereocenters. The second kappa shape index (κ2) is 5.29. The lowest BCUT2D eigenvalue weighted by molar-refractivity contribution is -0.124. The molecule has 0 radical (unpaired) electrons. The molecule has 2 aromatic carbocycles. The molecule has 1 aliphatic rings. The Hall–Kier alpha value is -2.80. The molecule has 1 atom stereocenters. The molecular weight excluding hydrogens is 264 g/mol. The van der Waals surface area contributed by atoms with Crippen LogP contribution in [0.15, 0.2) is 48.5 Å². The number of benzene rings is 2. The molecule has 0 saturated heterocycles. The molecule has 3 rings (SSSR count). The second-order valence-electron chi connectivity index (χ2n) is 4.95. The van der Waals surface area contributed by atoms with Gasteiger partial charge in [0, 0.05) is 11.3 Å². The van der Waals surface area contributed by atoms with E-state index >= 15 is 0 Å². The van der Waals surface area contributed by atoms with Gasteiger partial charge in [0.2, 0.25) is 0 Å². The van der Waals surface area contributed by atoms with Crippen LogP contribution in [-0.4, -0.2) is 12.0 Å². The van der Waals surface area contributed by atoms with Crippen molar-refractivity contribution in [2.75, 3.05) is 4.90 Å². The molecule has 0 saturated carbocycles. The number of rotatable bonds is 1. The van der Waals surface area contributed by atoms with Crippen LogP contribution in [0.2, 0.25) is 0 Å². The summed E-state index contributed by atoms with van der Waals surface area (Å²) in [5.41, 5.74) is 2.20. The molecular formula is C17H14N2O2. The number of nitrogens with zero attached hydrogens (tertiary/aromatic N) is 2. The molecule has 2 aromatic rings. The Morgan fingerprint density at radius 3 is 2.86 bits per heavy atom. The number of hydrogen-bond acceptors (Lipinski definition) is 3. The highest BCUT2D eigenvalue weighted by molar-refractivity contribution is 5.97. The Labute approximate surface area is 123 Å². The largest absolute Gasteiger partial charge is 0.481 e. The second-order valence-corrected chi connectivity index (χ2v) is 4.95. The van der Waals surface area contributed by atoms with Gasteiger partial charge in [-0.3, -0.25) is 4.79 Å². The maximum Gasteiger partial charge on any atom is 0.268 e. The van der Waals surface area contributed by atoms with Crippen molar-refractivity contribution in [1.82, 2.24) is 0 Å². The zero-order chi connectivity index (χ0) is 14.8. The van der Waals surface area contributed by atoms with Crippen molar-refractivity contribution in [3.8, 4) is 11.8 Å². The van der Waals surface area contributed by atoms with Crippen LogP contribution in [-0.2, 0) is 11.3 Å². The molecule has 0 fully saturated rings. The van der Waals surface area contributed by atoms with E-state index in [0.717, 1.165) is 11.3 Å². The summed E-state index contributed by atoms with van der Waals surface area (Å²) in [5, 5.41) is 9.01. The molecule has 4 heteroatoms. The molecule has 4 nitrogen and oxygen atoms in total. The van der Waals surface area contributed by atoms with E-state index < -0.39 is 6.10 Å². The molecule has 0 aliphatic carbocycles. The topological polar surface area (TPSA) is 53.3 Å². The minimum absolute atomic E-state index is 0.110. The Balaban J connectivity index is 2.05. The van der Waals surface area contributed by atoms with E-state index in [0.29, 0.717) is 17.8 Å². The van der Waals surface area contributed by atoms with Crippen LogP contribution in [0.4, 0.5) is 5.69 Å². The molecule has 0 spiro atoms. The molecule has 21 heavy (non-hydrogen) atoms. The van der Waals surface area contributed by atoms with Gasteiger partial charge in [-0.15, -0.1) is 0 Å². The summed E-state index contributed by atoms with van der Waals surface area (Å²) in [5.74, 6) is 0.624. The van der Waals surface area contributed by atoms with E-state index in [9.17, 15) is 4.79 Å². The zero-order valence-corrected chi connectivity index (χ0v) is 11.6. The summed E-state index contributed by atoms with van der Waals surface area (Å²) in [6.45, 7) is 2.18. The predicted octanol–water partition coefficient (Wildman–Crippen LogP) is 2.87. The van der Waals surface area contributed by atoms with Crippen LogP contribution >= 0.6 is 0 Å². The minimum atomic E-state index is -0.556. The molecule has 104 valence electrons. The Morgan fingerprint density at radius 1 is 1.24 bits per heavy atom. The first-order chi connectivity index (χ1) is 10.2. The van der Waals surface area contributed by atoms with Crippen LogP contribution < -0.4 is 9.64 Å². The molecule has 1 aliphatic heterocycles. The van der Waals surface area contributed by atoms with Crippen molar-refractivity contribution in [2.24, 2.45) is 0 Å². The number of anilines is 1. The number of para-hydroxylation sites is 1. The number of hydrogen-bond donors (Lipinski definition) is 0. The third-order valence-corrected chi connectivity index (χ3v) is 3.51. The van der Waals surface area contributed by atoms with Gasteiger partial charge in [-0.05, 0) is 31.2 Å². The lowest BCUT2D eigenvalue weighted by atomic mass is 10.1. The first-order valence-electron chi connectivity index (χ1n) is 6.75. The maximum atomic E-state index is 12.5. The fourth-order valence-electron chi connectivity index (χ4n) is 2.42. The van der Waals surface area contributed by atoms with Gasteiger partial charge in [0.05, 0.1) is 18.2 Å². The van der Waals surface area contributed by atoms with Crippen LogP contribution in [0.1, 0.15) is 18.1 Å². The monoisotopic (exact) mass is 278 g/mol. The predicted molar refractivity (Wildman–Crippen MR) is 78.9 cm³/mol. The van der Waals surface area contributed by atoms with Gasteiger partial charge in [-0.1, -0.05) is 24.3 Å². The van der Waals surface area contributed by atoms with Gasteiger partial charge in [0.15, 0.2) is 6.10 Å². The van der Waals surface area contributed by atoms with Gasteiger partial charge < -0.3 is 9.64 Å². The number of ether oxygens (including phenoxy) is 1. The van der Waals surface area contributed by atoms with Crippen LogP contribution in [0.25, 0.3) is 0 Å². The molecule has 1 amide bonds. The van der Waals surface area contributed by atoms with Crippen molar-refractivity contribution in [3.05, 3.63) is 59.7 Å². The SMILES string of the molecule is C[C@@H]1Oc2ccccc2CN(c2cccc(C#N)c2)C1=O. The fraction of sp³-hybridized carbons (Fsp3) is 0.176. The van der Waals surface area contributed by atoms with Gasteiger partial charge in [-0.25, -0.2) is 0 Å². The highest BCUT2D eigenvalue weighted by Crippen LogP contribution is 2.28. The summed E-state index contributed by atoms with van der Waals surface area (Å²) in [4.78, 5) is 14.2. The van der Waals surface area contributed by atoms with E-state index in [1.807, 2.05) is 30.3 Å². The van der Waals surface area contributed by atoms with E-state index in [1.165, 1.54) is 0 Å². The summed E-state index contributed by atoms with van der Waals surface area (Å²) in [6.07, 6.45) is -0.556. The summed E-state index contributed by atoms with van der Waals surface area (Å²) in [6, 6.07) is 16.8. The first kappa shape index (κ1) is 13.2. The highest BCUT2D eigenvalue weighted by Gasteiger charge is 2.28. The van der Waals surface area contributed by atoms with E-state index in [-0.39, 0.29) is 5.91 Å². The third kappa shape index (κ3) is 2.46. The minimum Gasteiger partial charge on any atom is -0.481 e. The standard InChI is InChI=1S/C17H14N2O2/c1-12-17(20)19(15-7-4-5-13(9-15)10-18)11-14-6-2-3-8-16(14)21-12/h2-9,12H,11H2,1H3/t12-/m0/s1. The summed E-state index contributed by atoms with van der Waals surface area (Å²) in [7, 11) is 0. The van der Waals surface area contributed by atoms with Crippen LogP contribution in [0, 0.1) is 11.3 Å². The number of fused-ring (bicyclic) bond motifs is 1. The first-order valence-corrected chi connectivity index (χ1v) is 6.75. The van der Waals surface area contributed by atoms with Crippen LogP contribution in [0.3, 0.4) is 0 Å². The molecule has 0 aromatic heterocycles. The van der Waals surface area contributed by atoms with E-state index in [4.69, 9.17) is 10.00 Å². The number of nitriles is 1. The van der Waals surface area contributed by atoms with Gasteiger partial charge in [0.25, 0.3) is 5.91 Å². The maximum absolute atomic E-state index is 12.5. The van der Waals surface area contributed by atoms with Gasteiger partial charge in [0.1, 0.15) is 5.75 Å². The average Bonchev–Trinajstić information content (AvgIpc) is 2.65. The fourth-order valence-corrected chi connectivity index (χ4v) is 2.42. The smallest absolute Gasteiger partial charge is 0.268 e. The normalized spacial score (nSPS) is 17.4. The van der Waals surface area contributed by atoms with Crippen molar-refractivity contribution in [1.29, 1.82) is 5.26 Å². The van der Waals surface area contributed by atoms with E-state index in [1.54, 1.807) is 30.0 Å². The quantitative estimate of drug-likeness (QED) is 0.806. The third-order valence-electron chi connectivity index (χ3n) is 3.51. The summed E-state index contributed by atoms with van der Waals surface area (Å²) >= 11 is 0. The molecule has 1 heterocycles. The van der Waals surface area contributed by atoms with Crippen molar-refractivity contribution < 1.29 is 9.53 Å². The van der Waals surface area contributed by atoms with Crippen molar-refractivity contribution in [3.63, 3.8) is 0 Å². The van der Waals surface area contributed by atoms with Gasteiger partial charge in [-0.2, -0.15) is 5.26 Å². The molecule has 0 bridgehead atoms. The molecule has 0 N–H and O–H groups in total. The number of amides is 1. The lowest BCUT2D eigenvalue weighted by Crippen LogP contribution is -2.38. The summed E-state index contributed by atoms with van der Waals surface area (Å²) < 4.78 is 5.72. The Bertz CT molecular complexity index is 734.